The zero-order valence-electron chi connectivity index (χ0n) is 8.83. The number of rotatable bonds is 3. The Balaban J connectivity index is 3.03. The summed E-state index contributed by atoms with van der Waals surface area (Å²) in [6, 6.07) is 0. The van der Waals surface area contributed by atoms with Crippen LogP contribution in [-0.4, -0.2) is 22.4 Å². The Morgan fingerprint density at radius 1 is 1.29 bits per heavy atom. The van der Waals surface area contributed by atoms with E-state index in [-0.39, 0.29) is 11.7 Å². The minimum absolute atomic E-state index is 0.129. The van der Waals surface area contributed by atoms with Gasteiger partial charge in [0, 0.05) is 5.92 Å². The number of nitrogens with two attached hydrogens (primary N) is 1. The van der Waals surface area contributed by atoms with Gasteiger partial charge in [0.25, 0.3) is 0 Å². The summed E-state index contributed by atoms with van der Waals surface area (Å²) in [6.45, 7) is 5.05. The van der Waals surface area contributed by atoms with E-state index in [1.807, 2.05) is 0 Å². The van der Waals surface area contributed by atoms with E-state index < -0.39 is 16.9 Å². The first-order chi connectivity index (χ1) is 6.21. The van der Waals surface area contributed by atoms with Crippen LogP contribution in [0.25, 0.3) is 0 Å². The molecule has 0 amide bonds. The number of carboxylic acids is 1. The first-order valence-corrected chi connectivity index (χ1v) is 4.78. The van der Waals surface area contributed by atoms with Gasteiger partial charge in [-0.25, -0.2) is 4.79 Å². The molecule has 0 saturated heterocycles. The molecule has 0 aromatic carbocycles. The van der Waals surface area contributed by atoms with Gasteiger partial charge in [-0.15, -0.1) is 0 Å². The molecule has 4 heteroatoms. The van der Waals surface area contributed by atoms with E-state index in [0.717, 1.165) is 12.8 Å². The number of hydrogen-bond donors (Lipinski definition) is 2. The van der Waals surface area contributed by atoms with Crippen molar-refractivity contribution in [3.63, 3.8) is 0 Å². The van der Waals surface area contributed by atoms with Crippen molar-refractivity contribution in [1.29, 1.82) is 0 Å². The summed E-state index contributed by atoms with van der Waals surface area (Å²) in [6.07, 6.45) is 1.56. The fraction of sp³-hybridized carbons (Fsp3) is 0.800. The zero-order valence-corrected chi connectivity index (χ0v) is 8.83. The van der Waals surface area contributed by atoms with Crippen molar-refractivity contribution >= 4 is 11.8 Å². The van der Waals surface area contributed by atoms with Gasteiger partial charge in [0.1, 0.15) is 0 Å². The van der Waals surface area contributed by atoms with Crippen molar-refractivity contribution in [2.45, 2.75) is 39.2 Å². The number of carboxylic acid groups (broad SMARTS) is 1. The molecule has 1 unspecified atom stereocenters. The molecule has 14 heavy (non-hydrogen) atoms. The third-order valence-electron chi connectivity index (χ3n) is 2.86. The maximum absolute atomic E-state index is 11.8. The summed E-state index contributed by atoms with van der Waals surface area (Å²) < 4.78 is 0. The molecule has 4 nitrogen and oxygen atoms in total. The van der Waals surface area contributed by atoms with Gasteiger partial charge < -0.3 is 10.8 Å². The second-order valence-corrected chi connectivity index (χ2v) is 5.00. The lowest BCUT2D eigenvalue weighted by Gasteiger charge is -2.36. The molecule has 3 N–H and O–H groups in total. The molecular weight excluding hydrogens is 182 g/mol. The lowest BCUT2D eigenvalue weighted by molar-refractivity contribution is -0.154. The van der Waals surface area contributed by atoms with Crippen molar-refractivity contribution in [3.8, 4) is 0 Å². The highest BCUT2D eigenvalue weighted by Crippen LogP contribution is 2.39. The van der Waals surface area contributed by atoms with E-state index >= 15 is 0 Å². The highest BCUT2D eigenvalue weighted by molar-refractivity contribution is 6.10. The Kier molecular flexibility index (Phi) is 2.44. The third-order valence-corrected chi connectivity index (χ3v) is 2.86. The van der Waals surface area contributed by atoms with Crippen molar-refractivity contribution < 1.29 is 14.7 Å². The van der Waals surface area contributed by atoms with Crippen LogP contribution in [0, 0.1) is 11.3 Å². The predicted molar refractivity (Wildman–Crippen MR) is 51.7 cm³/mol. The third kappa shape index (κ3) is 1.54. The van der Waals surface area contributed by atoms with Gasteiger partial charge in [0.15, 0.2) is 11.3 Å². The maximum atomic E-state index is 11.8. The van der Waals surface area contributed by atoms with E-state index in [4.69, 9.17) is 10.8 Å². The molecule has 0 bridgehead atoms. The van der Waals surface area contributed by atoms with Crippen LogP contribution in [0.15, 0.2) is 0 Å². The first kappa shape index (κ1) is 11.2. The molecular formula is C10H17NO3. The summed E-state index contributed by atoms with van der Waals surface area (Å²) in [5.41, 5.74) is 3.26. The van der Waals surface area contributed by atoms with Crippen molar-refractivity contribution in [2.24, 2.45) is 17.1 Å². The molecule has 1 saturated carbocycles. The molecule has 1 atom stereocenters. The fourth-order valence-electron chi connectivity index (χ4n) is 1.46. The van der Waals surface area contributed by atoms with Gasteiger partial charge in [-0.2, -0.15) is 0 Å². The van der Waals surface area contributed by atoms with Crippen LogP contribution in [0.5, 0.6) is 0 Å². The van der Waals surface area contributed by atoms with E-state index in [9.17, 15) is 9.59 Å². The van der Waals surface area contributed by atoms with Crippen LogP contribution >= 0.6 is 0 Å². The molecule has 0 spiro atoms. The second kappa shape index (κ2) is 3.05. The summed E-state index contributed by atoms with van der Waals surface area (Å²) in [4.78, 5) is 22.9. The Bertz CT molecular complexity index is 276. The molecule has 80 valence electrons. The van der Waals surface area contributed by atoms with Crippen LogP contribution in [0.1, 0.15) is 33.6 Å². The van der Waals surface area contributed by atoms with Gasteiger partial charge in [-0.05, 0) is 18.3 Å². The number of ketones is 1. The lowest BCUT2D eigenvalue weighted by Crippen LogP contribution is -2.64. The van der Waals surface area contributed by atoms with Crippen LogP contribution in [0.4, 0.5) is 0 Å². The normalized spacial score (nSPS) is 21.4. The zero-order chi connectivity index (χ0) is 11.1. The molecule has 1 rings (SSSR count). The Morgan fingerprint density at radius 3 is 1.93 bits per heavy atom. The molecule has 1 aliphatic carbocycles. The molecule has 0 aromatic heterocycles. The summed E-state index contributed by atoms with van der Waals surface area (Å²) in [5, 5.41) is 9.07. The van der Waals surface area contributed by atoms with Crippen LogP contribution in [0.3, 0.4) is 0 Å². The summed E-state index contributed by atoms with van der Waals surface area (Å²) >= 11 is 0. The minimum Gasteiger partial charge on any atom is -0.480 e. The second-order valence-electron chi connectivity index (χ2n) is 5.00. The van der Waals surface area contributed by atoms with E-state index in [2.05, 4.69) is 0 Å². The number of Topliss-reactive ketones (excluding diaryl/α,β-unsaturated/α-hetero) is 1. The fourth-order valence-corrected chi connectivity index (χ4v) is 1.46. The van der Waals surface area contributed by atoms with Crippen LogP contribution in [0.2, 0.25) is 0 Å². The lowest BCUT2D eigenvalue weighted by atomic mass is 9.70. The minimum atomic E-state index is -1.74. The van der Waals surface area contributed by atoms with E-state index in [1.54, 1.807) is 20.8 Å². The van der Waals surface area contributed by atoms with E-state index in [1.165, 1.54) is 0 Å². The monoisotopic (exact) mass is 199 g/mol. The summed E-state index contributed by atoms with van der Waals surface area (Å²) in [5.74, 6) is -1.67. The van der Waals surface area contributed by atoms with Crippen molar-refractivity contribution in [1.82, 2.24) is 0 Å². The largest absolute Gasteiger partial charge is 0.480 e. The number of aliphatic carboxylic acids is 1. The maximum Gasteiger partial charge on any atom is 0.332 e. The van der Waals surface area contributed by atoms with Crippen LogP contribution in [-0.2, 0) is 9.59 Å². The number of carbonyl (C=O) groups excluding carboxylic acids is 1. The smallest absolute Gasteiger partial charge is 0.332 e. The molecule has 0 heterocycles. The summed E-state index contributed by atoms with van der Waals surface area (Å²) in [7, 11) is 0. The van der Waals surface area contributed by atoms with Gasteiger partial charge >= 0.3 is 5.97 Å². The molecule has 1 aliphatic rings. The van der Waals surface area contributed by atoms with Gasteiger partial charge in [-0.1, -0.05) is 20.8 Å². The average molecular weight is 199 g/mol. The number of hydrogen-bond acceptors (Lipinski definition) is 3. The first-order valence-electron chi connectivity index (χ1n) is 4.78. The highest BCUT2D eigenvalue weighted by atomic mass is 16.4. The van der Waals surface area contributed by atoms with Gasteiger partial charge in [0.2, 0.25) is 0 Å². The predicted octanol–water partition coefficient (Wildman–Crippen LogP) is 0.794. The number of carbonyl (C=O) groups is 2. The van der Waals surface area contributed by atoms with Gasteiger partial charge in [0.05, 0.1) is 0 Å². The Labute approximate surface area is 83.5 Å². The topological polar surface area (TPSA) is 80.4 Å². The van der Waals surface area contributed by atoms with E-state index in [0.29, 0.717) is 0 Å². The van der Waals surface area contributed by atoms with Crippen molar-refractivity contribution in [3.05, 3.63) is 0 Å². The average Bonchev–Trinajstić information content (AvgIpc) is 2.81. The molecule has 1 fully saturated rings. The molecule has 0 aliphatic heterocycles. The quantitative estimate of drug-likeness (QED) is 0.658. The SMILES string of the molecule is CC(C)(C)C(N)(C(=O)O)C(=O)C1CC1. The Morgan fingerprint density at radius 2 is 1.71 bits per heavy atom. The standard InChI is InChI=1S/C10H17NO3/c1-9(2,3)10(11,8(13)14)7(12)6-4-5-6/h6H,4-5,11H2,1-3H3,(H,13,14). The van der Waals surface area contributed by atoms with Crippen LogP contribution < -0.4 is 5.73 Å². The highest BCUT2D eigenvalue weighted by Gasteiger charge is 2.55. The van der Waals surface area contributed by atoms with Gasteiger partial charge in [-0.3, -0.25) is 4.79 Å². The Hall–Kier alpha value is -0.900. The molecule has 0 radical (unpaired) electrons. The molecule has 0 aromatic rings. The van der Waals surface area contributed by atoms with Crippen molar-refractivity contribution in [2.75, 3.05) is 0 Å².